The lowest BCUT2D eigenvalue weighted by Gasteiger charge is -2.13. The summed E-state index contributed by atoms with van der Waals surface area (Å²) < 4.78 is 18.6. The molecule has 2 rings (SSSR count). The second-order valence-electron chi connectivity index (χ2n) is 4.29. The molecule has 0 spiro atoms. The summed E-state index contributed by atoms with van der Waals surface area (Å²) in [4.78, 5) is 12.3. The maximum absolute atomic E-state index is 13.5. The molecule has 0 aromatic heterocycles. The van der Waals surface area contributed by atoms with Gasteiger partial charge >= 0.3 is 0 Å². The van der Waals surface area contributed by atoms with E-state index >= 15 is 0 Å². The highest BCUT2D eigenvalue weighted by atomic mass is 19.1. The zero-order valence-corrected chi connectivity index (χ0v) is 11.2. The number of hydrogen-bond donors (Lipinski definition) is 2. The first-order chi connectivity index (χ1) is 9.54. The SMILES string of the molecule is COc1cccc(N)c1C(=O)Nc1cccc(F)c1C. The van der Waals surface area contributed by atoms with Gasteiger partial charge < -0.3 is 15.8 Å². The monoisotopic (exact) mass is 274 g/mol. The van der Waals surface area contributed by atoms with E-state index < -0.39 is 5.91 Å². The summed E-state index contributed by atoms with van der Waals surface area (Å²) in [6.45, 7) is 1.59. The fourth-order valence-corrected chi connectivity index (χ4v) is 1.89. The molecule has 0 radical (unpaired) electrons. The summed E-state index contributed by atoms with van der Waals surface area (Å²) in [5.41, 5.74) is 7.11. The third kappa shape index (κ3) is 2.56. The second-order valence-corrected chi connectivity index (χ2v) is 4.29. The van der Waals surface area contributed by atoms with Crippen LogP contribution in [0.4, 0.5) is 15.8 Å². The summed E-state index contributed by atoms with van der Waals surface area (Å²) in [6, 6.07) is 9.44. The third-order valence-electron chi connectivity index (χ3n) is 3.02. The lowest BCUT2D eigenvalue weighted by molar-refractivity contribution is 0.102. The summed E-state index contributed by atoms with van der Waals surface area (Å²) in [5, 5.41) is 2.64. The van der Waals surface area contributed by atoms with Gasteiger partial charge in [0, 0.05) is 16.9 Å². The molecule has 0 bridgehead atoms. The number of methoxy groups -OCH3 is 1. The van der Waals surface area contributed by atoms with Crippen LogP contribution in [0, 0.1) is 12.7 Å². The molecule has 0 unspecified atom stereocenters. The zero-order valence-electron chi connectivity index (χ0n) is 11.2. The van der Waals surface area contributed by atoms with Crippen LogP contribution in [0.15, 0.2) is 36.4 Å². The summed E-state index contributed by atoms with van der Waals surface area (Å²) in [7, 11) is 1.46. The van der Waals surface area contributed by atoms with Gasteiger partial charge in [0.25, 0.3) is 5.91 Å². The van der Waals surface area contributed by atoms with Crippen molar-refractivity contribution in [2.45, 2.75) is 6.92 Å². The number of amides is 1. The van der Waals surface area contributed by atoms with Crippen molar-refractivity contribution in [2.75, 3.05) is 18.2 Å². The molecule has 0 fully saturated rings. The molecule has 1 amide bonds. The van der Waals surface area contributed by atoms with Gasteiger partial charge in [-0.05, 0) is 31.2 Å². The third-order valence-corrected chi connectivity index (χ3v) is 3.02. The Balaban J connectivity index is 2.36. The van der Waals surface area contributed by atoms with Gasteiger partial charge in [-0.25, -0.2) is 4.39 Å². The Morgan fingerprint density at radius 2 is 1.95 bits per heavy atom. The Labute approximate surface area is 116 Å². The maximum atomic E-state index is 13.5. The van der Waals surface area contributed by atoms with Gasteiger partial charge in [0.2, 0.25) is 0 Å². The number of anilines is 2. The molecule has 0 saturated carbocycles. The molecule has 0 aliphatic rings. The summed E-state index contributed by atoms with van der Waals surface area (Å²) in [6.07, 6.45) is 0. The van der Waals surface area contributed by atoms with Crippen LogP contribution >= 0.6 is 0 Å². The fraction of sp³-hybridized carbons (Fsp3) is 0.133. The van der Waals surface area contributed by atoms with Crippen molar-refractivity contribution >= 4 is 17.3 Å². The minimum absolute atomic E-state index is 0.235. The number of rotatable bonds is 3. The Morgan fingerprint density at radius 1 is 1.25 bits per heavy atom. The fourth-order valence-electron chi connectivity index (χ4n) is 1.89. The highest BCUT2D eigenvalue weighted by Gasteiger charge is 2.17. The average molecular weight is 274 g/mol. The Morgan fingerprint density at radius 3 is 2.65 bits per heavy atom. The maximum Gasteiger partial charge on any atom is 0.261 e. The first-order valence-electron chi connectivity index (χ1n) is 6.03. The van der Waals surface area contributed by atoms with Gasteiger partial charge in [-0.2, -0.15) is 0 Å². The number of carbonyl (C=O) groups is 1. The van der Waals surface area contributed by atoms with Gasteiger partial charge in [0.1, 0.15) is 17.1 Å². The zero-order chi connectivity index (χ0) is 14.7. The van der Waals surface area contributed by atoms with Gasteiger partial charge in [-0.1, -0.05) is 12.1 Å². The van der Waals surface area contributed by atoms with Crippen molar-refractivity contribution in [3.05, 3.63) is 53.3 Å². The highest BCUT2D eigenvalue weighted by molar-refractivity contribution is 6.10. The van der Waals surface area contributed by atoms with E-state index in [1.807, 2.05) is 0 Å². The van der Waals surface area contributed by atoms with E-state index in [1.165, 1.54) is 19.2 Å². The Bertz CT molecular complexity index is 656. The summed E-state index contributed by atoms with van der Waals surface area (Å²) >= 11 is 0. The van der Waals surface area contributed by atoms with Crippen LogP contribution in [-0.2, 0) is 0 Å². The molecule has 2 aromatic rings. The van der Waals surface area contributed by atoms with Crippen LogP contribution < -0.4 is 15.8 Å². The molecule has 0 atom stereocenters. The number of halogens is 1. The van der Waals surface area contributed by atoms with Crippen LogP contribution in [0.1, 0.15) is 15.9 Å². The van der Waals surface area contributed by atoms with E-state index in [9.17, 15) is 9.18 Å². The molecule has 0 saturated heterocycles. The Kier molecular flexibility index (Phi) is 3.89. The molecule has 104 valence electrons. The van der Waals surface area contributed by atoms with E-state index in [2.05, 4.69) is 5.32 Å². The van der Waals surface area contributed by atoms with Crippen molar-refractivity contribution in [2.24, 2.45) is 0 Å². The van der Waals surface area contributed by atoms with Crippen molar-refractivity contribution in [3.63, 3.8) is 0 Å². The number of benzene rings is 2. The quantitative estimate of drug-likeness (QED) is 0.846. The number of nitrogens with one attached hydrogen (secondary N) is 1. The number of hydrogen-bond acceptors (Lipinski definition) is 3. The van der Waals surface area contributed by atoms with E-state index in [-0.39, 0.29) is 11.4 Å². The smallest absolute Gasteiger partial charge is 0.261 e. The standard InChI is InChI=1S/C15H15FN2O2/c1-9-10(16)5-3-7-12(9)18-15(19)14-11(17)6-4-8-13(14)20-2/h3-8H,17H2,1-2H3,(H,18,19). The number of nitrogens with two attached hydrogens (primary N) is 1. The predicted molar refractivity (Wildman–Crippen MR) is 76.5 cm³/mol. The molecular formula is C15H15FN2O2. The normalized spacial score (nSPS) is 10.2. The van der Waals surface area contributed by atoms with E-state index in [1.54, 1.807) is 31.2 Å². The molecule has 0 heterocycles. The van der Waals surface area contributed by atoms with Crippen molar-refractivity contribution in [3.8, 4) is 5.75 Å². The molecule has 0 aliphatic carbocycles. The average Bonchev–Trinajstić information content (AvgIpc) is 2.43. The number of nitrogen functional groups attached to an aromatic ring is 1. The van der Waals surface area contributed by atoms with E-state index in [4.69, 9.17) is 10.5 Å². The van der Waals surface area contributed by atoms with Crippen molar-refractivity contribution < 1.29 is 13.9 Å². The molecule has 3 N–H and O–H groups in total. The minimum Gasteiger partial charge on any atom is -0.496 e. The largest absolute Gasteiger partial charge is 0.496 e. The number of ether oxygens (including phenoxy) is 1. The molecule has 20 heavy (non-hydrogen) atoms. The topological polar surface area (TPSA) is 64.3 Å². The highest BCUT2D eigenvalue weighted by Crippen LogP contribution is 2.26. The first-order valence-corrected chi connectivity index (χ1v) is 6.03. The van der Waals surface area contributed by atoms with Gasteiger partial charge in [0.15, 0.2) is 0 Å². The van der Waals surface area contributed by atoms with Gasteiger partial charge in [-0.3, -0.25) is 4.79 Å². The molecular weight excluding hydrogens is 259 g/mol. The molecule has 4 nitrogen and oxygen atoms in total. The molecule has 0 aliphatic heterocycles. The van der Waals surface area contributed by atoms with Crippen molar-refractivity contribution in [1.82, 2.24) is 0 Å². The van der Waals surface area contributed by atoms with Gasteiger partial charge in [0.05, 0.1) is 7.11 Å². The van der Waals surface area contributed by atoms with Crippen LogP contribution in [0.2, 0.25) is 0 Å². The lowest BCUT2D eigenvalue weighted by Crippen LogP contribution is -2.16. The lowest BCUT2D eigenvalue weighted by atomic mass is 10.1. The van der Waals surface area contributed by atoms with Crippen LogP contribution in [0.5, 0.6) is 5.75 Å². The minimum atomic E-state index is -0.436. The second kappa shape index (κ2) is 5.61. The summed E-state index contributed by atoms with van der Waals surface area (Å²) in [5.74, 6) is -0.444. The molecule has 5 heteroatoms. The van der Waals surface area contributed by atoms with E-state index in [0.717, 1.165) is 0 Å². The first kappa shape index (κ1) is 13.9. The Hall–Kier alpha value is -2.56. The van der Waals surface area contributed by atoms with Gasteiger partial charge in [-0.15, -0.1) is 0 Å². The van der Waals surface area contributed by atoms with Crippen molar-refractivity contribution in [1.29, 1.82) is 0 Å². The van der Waals surface area contributed by atoms with Crippen LogP contribution in [-0.4, -0.2) is 13.0 Å². The number of carbonyl (C=O) groups excluding carboxylic acids is 1. The molecule has 2 aromatic carbocycles. The van der Waals surface area contributed by atoms with Crippen LogP contribution in [0.25, 0.3) is 0 Å². The predicted octanol–water partition coefficient (Wildman–Crippen LogP) is 2.98. The van der Waals surface area contributed by atoms with E-state index in [0.29, 0.717) is 22.7 Å². The van der Waals surface area contributed by atoms with Crippen LogP contribution in [0.3, 0.4) is 0 Å².